The lowest BCUT2D eigenvalue weighted by Crippen LogP contribution is -2.12. The fourth-order valence-electron chi connectivity index (χ4n) is 1.89. The molecule has 0 atom stereocenters. The molecule has 0 spiro atoms. The number of nitrogen functional groups attached to an aromatic ring is 1. The van der Waals surface area contributed by atoms with Crippen LogP contribution in [0.1, 0.15) is 15.9 Å². The lowest BCUT2D eigenvalue weighted by molar-refractivity contribution is 0.102. The van der Waals surface area contributed by atoms with E-state index in [2.05, 4.69) is 5.32 Å². The Balaban J connectivity index is 2.21. The zero-order chi connectivity index (χ0) is 14.7. The Labute approximate surface area is 116 Å². The third-order valence-electron chi connectivity index (χ3n) is 2.77. The molecule has 1 amide bonds. The predicted octanol–water partition coefficient (Wildman–Crippen LogP) is 2.98. The quantitative estimate of drug-likeness (QED) is 0.846. The number of rotatable bonds is 3. The van der Waals surface area contributed by atoms with E-state index in [1.807, 2.05) is 6.92 Å². The fourth-order valence-corrected chi connectivity index (χ4v) is 1.89. The first kappa shape index (κ1) is 13.9. The Bertz CT molecular complexity index is 636. The third kappa shape index (κ3) is 3.06. The van der Waals surface area contributed by atoms with Gasteiger partial charge in [-0.3, -0.25) is 4.79 Å². The minimum Gasteiger partial charge on any atom is -0.494 e. The molecule has 2 rings (SSSR count). The van der Waals surface area contributed by atoms with Gasteiger partial charge in [-0.25, -0.2) is 4.39 Å². The van der Waals surface area contributed by atoms with Crippen LogP contribution in [0.15, 0.2) is 36.4 Å². The number of nitrogens with two attached hydrogens (primary N) is 1. The standard InChI is InChI=1S/C15H15FN2O2/c1-9-5-10(7-11(17)6-9)15(19)18-12-3-4-14(20-2)13(16)8-12/h3-8H,17H2,1-2H3,(H,18,19). The smallest absolute Gasteiger partial charge is 0.255 e. The zero-order valence-corrected chi connectivity index (χ0v) is 11.2. The Hall–Kier alpha value is -2.56. The summed E-state index contributed by atoms with van der Waals surface area (Å²) < 4.78 is 18.4. The van der Waals surface area contributed by atoms with Crippen LogP contribution in [-0.4, -0.2) is 13.0 Å². The Morgan fingerprint density at radius 3 is 2.60 bits per heavy atom. The molecule has 0 heterocycles. The maximum Gasteiger partial charge on any atom is 0.255 e. The second-order valence-electron chi connectivity index (χ2n) is 4.44. The van der Waals surface area contributed by atoms with E-state index in [0.717, 1.165) is 5.56 Å². The Kier molecular flexibility index (Phi) is 3.89. The number of hydrogen-bond acceptors (Lipinski definition) is 3. The van der Waals surface area contributed by atoms with E-state index in [1.165, 1.54) is 19.2 Å². The van der Waals surface area contributed by atoms with Gasteiger partial charge in [0.15, 0.2) is 11.6 Å². The molecule has 5 heteroatoms. The van der Waals surface area contributed by atoms with Crippen molar-refractivity contribution >= 4 is 17.3 Å². The molecule has 0 fully saturated rings. The molecule has 20 heavy (non-hydrogen) atoms. The summed E-state index contributed by atoms with van der Waals surface area (Å²) in [6.07, 6.45) is 0. The van der Waals surface area contributed by atoms with E-state index >= 15 is 0 Å². The summed E-state index contributed by atoms with van der Waals surface area (Å²) in [5.74, 6) is -0.748. The minimum absolute atomic E-state index is 0.128. The zero-order valence-electron chi connectivity index (χ0n) is 11.2. The van der Waals surface area contributed by atoms with Crippen LogP contribution < -0.4 is 15.8 Å². The molecule has 3 N–H and O–H groups in total. The topological polar surface area (TPSA) is 64.3 Å². The van der Waals surface area contributed by atoms with Crippen molar-refractivity contribution in [3.8, 4) is 5.75 Å². The van der Waals surface area contributed by atoms with Gasteiger partial charge >= 0.3 is 0 Å². The lowest BCUT2D eigenvalue weighted by Gasteiger charge is -2.08. The Morgan fingerprint density at radius 2 is 2.00 bits per heavy atom. The predicted molar refractivity (Wildman–Crippen MR) is 76.5 cm³/mol. The van der Waals surface area contributed by atoms with Gasteiger partial charge in [-0.2, -0.15) is 0 Å². The summed E-state index contributed by atoms with van der Waals surface area (Å²) in [7, 11) is 1.38. The van der Waals surface area contributed by atoms with E-state index in [-0.39, 0.29) is 11.7 Å². The molecule has 0 aliphatic heterocycles. The van der Waals surface area contributed by atoms with Crippen LogP contribution in [0.2, 0.25) is 0 Å². The maximum absolute atomic E-state index is 13.5. The van der Waals surface area contributed by atoms with Crippen LogP contribution >= 0.6 is 0 Å². The lowest BCUT2D eigenvalue weighted by atomic mass is 10.1. The summed E-state index contributed by atoms with van der Waals surface area (Å²) in [6.45, 7) is 1.85. The van der Waals surface area contributed by atoms with Gasteiger partial charge in [0.2, 0.25) is 0 Å². The van der Waals surface area contributed by atoms with Gasteiger partial charge in [0, 0.05) is 23.0 Å². The van der Waals surface area contributed by atoms with E-state index < -0.39 is 5.82 Å². The minimum atomic E-state index is -0.533. The average molecular weight is 274 g/mol. The van der Waals surface area contributed by atoms with Crippen molar-refractivity contribution in [1.82, 2.24) is 0 Å². The summed E-state index contributed by atoms with van der Waals surface area (Å²) >= 11 is 0. The second-order valence-corrected chi connectivity index (χ2v) is 4.44. The number of halogens is 1. The molecule has 0 radical (unpaired) electrons. The molecular formula is C15H15FN2O2. The van der Waals surface area contributed by atoms with Gasteiger partial charge < -0.3 is 15.8 Å². The van der Waals surface area contributed by atoms with Gasteiger partial charge in [0.05, 0.1) is 7.11 Å². The molecule has 0 aliphatic carbocycles. The number of nitrogens with one attached hydrogen (secondary N) is 1. The van der Waals surface area contributed by atoms with Crippen LogP contribution in [0.3, 0.4) is 0 Å². The van der Waals surface area contributed by atoms with Gasteiger partial charge in [-0.1, -0.05) is 0 Å². The summed E-state index contributed by atoms with van der Waals surface area (Å²) in [5.41, 5.74) is 7.88. The third-order valence-corrected chi connectivity index (χ3v) is 2.77. The van der Waals surface area contributed by atoms with Gasteiger partial charge in [0.1, 0.15) is 0 Å². The van der Waals surface area contributed by atoms with E-state index in [0.29, 0.717) is 16.9 Å². The molecule has 0 saturated carbocycles. The van der Waals surface area contributed by atoms with Crippen LogP contribution in [-0.2, 0) is 0 Å². The normalized spacial score (nSPS) is 10.2. The number of carbonyl (C=O) groups excluding carboxylic acids is 1. The number of hydrogen-bond donors (Lipinski definition) is 2. The molecule has 2 aromatic rings. The second kappa shape index (κ2) is 5.61. The SMILES string of the molecule is COc1ccc(NC(=O)c2cc(C)cc(N)c2)cc1F. The molecule has 4 nitrogen and oxygen atoms in total. The number of methoxy groups -OCH3 is 1. The van der Waals surface area contributed by atoms with Crippen molar-refractivity contribution in [2.45, 2.75) is 6.92 Å². The largest absolute Gasteiger partial charge is 0.494 e. The number of amides is 1. The molecule has 0 unspecified atom stereocenters. The van der Waals surface area contributed by atoms with Crippen molar-refractivity contribution in [1.29, 1.82) is 0 Å². The van der Waals surface area contributed by atoms with Gasteiger partial charge in [-0.15, -0.1) is 0 Å². The molecule has 2 aromatic carbocycles. The van der Waals surface area contributed by atoms with Gasteiger partial charge in [-0.05, 0) is 42.8 Å². The number of anilines is 2. The van der Waals surface area contributed by atoms with Crippen molar-refractivity contribution in [3.05, 3.63) is 53.3 Å². The van der Waals surface area contributed by atoms with Crippen molar-refractivity contribution < 1.29 is 13.9 Å². The van der Waals surface area contributed by atoms with Crippen LogP contribution in [0.5, 0.6) is 5.75 Å². The van der Waals surface area contributed by atoms with E-state index in [1.54, 1.807) is 24.3 Å². The van der Waals surface area contributed by atoms with Gasteiger partial charge in [0.25, 0.3) is 5.91 Å². The summed E-state index contributed by atoms with van der Waals surface area (Å²) in [4.78, 5) is 12.1. The first-order valence-corrected chi connectivity index (χ1v) is 6.01. The van der Waals surface area contributed by atoms with Crippen LogP contribution in [0.4, 0.5) is 15.8 Å². The van der Waals surface area contributed by atoms with E-state index in [4.69, 9.17) is 10.5 Å². The molecular weight excluding hydrogens is 259 g/mol. The van der Waals surface area contributed by atoms with Crippen molar-refractivity contribution in [2.24, 2.45) is 0 Å². The molecule has 0 saturated heterocycles. The summed E-state index contributed by atoms with van der Waals surface area (Å²) in [5, 5.41) is 2.61. The highest BCUT2D eigenvalue weighted by Gasteiger charge is 2.09. The summed E-state index contributed by atoms with van der Waals surface area (Å²) in [6, 6.07) is 9.28. The molecule has 0 aromatic heterocycles. The fraction of sp³-hybridized carbons (Fsp3) is 0.133. The van der Waals surface area contributed by atoms with Crippen molar-refractivity contribution in [3.63, 3.8) is 0 Å². The Morgan fingerprint density at radius 1 is 1.25 bits per heavy atom. The van der Waals surface area contributed by atoms with Crippen LogP contribution in [0, 0.1) is 12.7 Å². The number of ether oxygens (including phenoxy) is 1. The monoisotopic (exact) mass is 274 g/mol. The highest BCUT2D eigenvalue weighted by Crippen LogP contribution is 2.21. The van der Waals surface area contributed by atoms with E-state index in [9.17, 15) is 9.18 Å². The van der Waals surface area contributed by atoms with Crippen molar-refractivity contribution in [2.75, 3.05) is 18.2 Å². The number of benzene rings is 2. The average Bonchev–Trinajstić information content (AvgIpc) is 2.37. The highest BCUT2D eigenvalue weighted by atomic mass is 19.1. The molecule has 104 valence electrons. The first-order chi connectivity index (χ1) is 9.49. The number of aryl methyl sites for hydroxylation is 1. The molecule has 0 bridgehead atoms. The van der Waals surface area contributed by atoms with Crippen LogP contribution in [0.25, 0.3) is 0 Å². The first-order valence-electron chi connectivity index (χ1n) is 6.01. The number of carbonyl (C=O) groups is 1. The highest BCUT2D eigenvalue weighted by molar-refractivity contribution is 6.04. The maximum atomic E-state index is 13.5. The molecule has 0 aliphatic rings.